The number of nitrogens with one attached hydrogen (secondary N) is 1. The van der Waals surface area contributed by atoms with Gasteiger partial charge in [0.15, 0.2) is 0 Å². The highest BCUT2D eigenvalue weighted by atomic mass is 19.1. The summed E-state index contributed by atoms with van der Waals surface area (Å²) in [7, 11) is 0. The average molecular weight is 292 g/mol. The van der Waals surface area contributed by atoms with Crippen molar-refractivity contribution in [3.8, 4) is 0 Å². The predicted octanol–water partition coefficient (Wildman–Crippen LogP) is 1.72. The fraction of sp³-hybridized carbons (Fsp3) is 0.500. The van der Waals surface area contributed by atoms with Crippen LogP contribution in [0.3, 0.4) is 0 Å². The quantitative estimate of drug-likeness (QED) is 0.918. The van der Waals surface area contributed by atoms with E-state index < -0.39 is 0 Å². The van der Waals surface area contributed by atoms with Gasteiger partial charge in [0.1, 0.15) is 5.82 Å². The van der Waals surface area contributed by atoms with Gasteiger partial charge in [-0.25, -0.2) is 4.39 Å². The summed E-state index contributed by atoms with van der Waals surface area (Å²) in [4.78, 5) is 24.8. The number of halogens is 1. The van der Waals surface area contributed by atoms with E-state index in [1.807, 2.05) is 19.9 Å². The Morgan fingerprint density at radius 3 is 2.76 bits per heavy atom. The molecule has 4 nitrogen and oxygen atoms in total. The molecular formula is C16H21FN2O2. The second kappa shape index (κ2) is 6.70. The minimum absolute atomic E-state index is 0.0332. The Balaban J connectivity index is 1.85. The van der Waals surface area contributed by atoms with Crippen LogP contribution in [0.4, 0.5) is 4.39 Å². The number of amides is 2. The smallest absolute Gasteiger partial charge is 0.239 e. The molecule has 1 aliphatic heterocycles. The lowest BCUT2D eigenvalue weighted by atomic mass is 10.0. The molecule has 1 N–H and O–H groups in total. The summed E-state index contributed by atoms with van der Waals surface area (Å²) in [6, 6.07) is 3.39. The number of piperazine rings is 1. The predicted molar refractivity (Wildman–Crippen MR) is 78.4 cm³/mol. The molecule has 0 saturated carbocycles. The van der Waals surface area contributed by atoms with Crippen molar-refractivity contribution in [1.29, 1.82) is 0 Å². The molecule has 1 fully saturated rings. The van der Waals surface area contributed by atoms with Gasteiger partial charge in [-0.3, -0.25) is 9.59 Å². The second-order valence-electron chi connectivity index (χ2n) is 5.55. The van der Waals surface area contributed by atoms with Gasteiger partial charge in [-0.05, 0) is 49.4 Å². The van der Waals surface area contributed by atoms with Crippen molar-refractivity contribution in [3.63, 3.8) is 0 Å². The maximum absolute atomic E-state index is 13.8. The summed E-state index contributed by atoms with van der Waals surface area (Å²) in [5.74, 6) is -0.355. The van der Waals surface area contributed by atoms with Gasteiger partial charge < -0.3 is 10.2 Å². The van der Waals surface area contributed by atoms with E-state index in [1.165, 1.54) is 0 Å². The maximum atomic E-state index is 13.8. The van der Waals surface area contributed by atoms with E-state index in [0.717, 1.165) is 11.1 Å². The van der Waals surface area contributed by atoms with Crippen molar-refractivity contribution < 1.29 is 14.0 Å². The summed E-state index contributed by atoms with van der Waals surface area (Å²) in [6.07, 6.45) is 1.48. The van der Waals surface area contributed by atoms with E-state index in [1.54, 1.807) is 11.0 Å². The molecule has 1 aromatic carbocycles. The van der Waals surface area contributed by atoms with Gasteiger partial charge in [0.05, 0.1) is 6.54 Å². The Bertz CT molecular complexity index is 557. The van der Waals surface area contributed by atoms with Gasteiger partial charge in [0.2, 0.25) is 11.8 Å². The van der Waals surface area contributed by atoms with Gasteiger partial charge in [-0.1, -0.05) is 6.07 Å². The van der Waals surface area contributed by atoms with Crippen molar-refractivity contribution in [2.24, 2.45) is 0 Å². The zero-order valence-electron chi connectivity index (χ0n) is 12.5. The third kappa shape index (κ3) is 4.03. The molecule has 0 bridgehead atoms. The lowest BCUT2D eigenvalue weighted by molar-refractivity contribution is -0.138. The van der Waals surface area contributed by atoms with E-state index in [9.17, 15) is 14.0 Å². The number of aryl methyl sites for hydroxylation is 3. The van der Waals surface area contributed by atoms with Gasteiger partial charge in [-0.2, -0.15) is 0 Å². The fourth-order valence-electron chi connectivity index (χ4n) is 2.47. The first-order valence-electron chi connectivity index (χ1n) is 7.27. The lowest BCUT2D eigenvalue weighted by Crippen LogP contribution is -2.49. The van der Waals surface area contributed by atoms with Crippen LogP contribution in [0.1, 0.15) is 29.5 Å². The number of benzene rings is 1. The molecule has 1 saturated heterocycles. The van der Waals surface area contributed by atoms with Crippen LogP contribution in [0.5, 0.6) is 0 Å². The van der Waals surface area contributed by atoms with Crippen LogP contribution in [0.25, 0.3) is 0 Å². The third-order valence-corrected chi connectivity index (χ3v) is 3.89. The van der Waals surface area contributed by atoms with E-state index in [4.69, 9.17) is 0 Å². The first kappa shape index (κ1) is 15.5. The van der Waals surface area contributed by atoms with Crippen LogP contribution in [0, 0.1) is 19.7 Å². The molecule has 1 heterocycles. The standard InChI is InChI=1S/C16H21FN2O2/c1-11-8-13(14(17)9-12(11)2)4-3-5-16(21)19-7-6-18-15(20)10-19/h8-9H,3-7,10H2,1-2H3,(H,18,20). The molecule has 0 radical (unpaired) electrons. The topological polar surface area (TPSA) is 49.4 Å². The maximum Gasteiger partial charge on any atom is 0.239 e. The zero-order valence-corrected chi connectivity index (χ0v) is 12.5. The Morgan fingerprint density at radius 2 is 2.05 bits per heavy atom. The molecule has 2 rings (SSSR count). The van der Waals surface area contributed by atoms with Crippen molar-refractivity contribution in [2.75, 3.05) is 19.6 Å². The normalized spacial score (nSPS) is 15.0. The summed E-state index contributed by atoms with van der Waals surface area (Å²) in [6.45, 7) is 5.04. The first-order valence-corrected chi connectivity index (χ1v) is 7.27. The summed E-state index contributed by atoms with van der Waals surface area (Å²) in [5.41, 5.74) is 2.65. The lowest BCUT2D eigenvalue weighted by Gasteiger charge is -2.26. The molecule has 0 unspecified atom stereocenters. The summed E-state index contributed by atoms with van der Waals surface area (Å²) >= 11 is 0. The molecule has 5 heteroatoms. The van der Waals surface area contributed by atoms with Crippen molar-refractivity contribution >= 4 is 11.8 Å². The van der Waals surface area contributed by atoms with E-state index in [0.29, 0.717) is 37.9 Å². The second-order valence-corrected chi connectivity index (χ2v) is 5.55. The van der Waals surface area contributed by atoms with Crippen LogP contribution >= 0.6 is 0 Å². The number of hydrogen-bond donors (Lipinski definition) is 1. The molecule has 1 aliphatic rings. The van der Waals surface area contributed by atoms with E-state index >= 15 is 0 Å². The highest BCUT2D eigenvalue weighted by Gasteiger charge is 2.20. The van der Waals surface area contributed by atoms with Crippen LogP contribution in [-0.4, -0.2) is 36.3 Å². The summed E-state index contributed by atoms with van der Waals surface area (Å²) < 4.78 is 13.8. The Hall–Kier alpha value is -1.91. The van der Waals surface area contributed by atoms with Crippen molar-refractivity contribution in [3.05, 3.63) is 34.6 Å². The number of rotatable bonds is 4. The molecule has 2 amide bonds. The molecule has 114 valence electrons. The van der Waals surface area contributed by atoms with Crippen molar-refractivity contribution in [2.45, 2.75) is 33.1 Å². The number of carbonyl (C=O) groups is 2. The fourth-order valence-corrected chi connectivity index (χ4v) is 2.47. The molecular weight excluding hydrogens is 271 g/mol. The van der Waals surface area contributed by atoms with E-state index in [-0.39, 0.29) is 24.2 Å². The number of carbonyl (C=O) groups excluding carboxylic acids is 2. The molecule has 0 spiro atoms. The minimum Gasteiger partial charge on any atom is -0.353 e. The van der Waals surface area contributed by atoms with Crippen LogP contribution in [-0.2, 0) is 16.0 Å². The van der Waals surface area contributed by atoms with Gasteiger partial charge in [-0.15, -0.1) is 0 Å². The number of nitrogens with zero attached hydrogens (tertiary/aromatic N) is 1. The Labute approximate surface area is 124 Å². The highest BCUT2D eigenvalue weighted by molar-refractivity contribution is 5.85. The van der Waals surface area contributed by atoms with Gasteiger partial charge in [0, 0.05) is 19.5 Å². The van der Waals surface area contributed by atoms with Crippen molar-refractivity contribution in [1.82, 2.24) is 10.2 Å². The number of hydrogen-bond acceptors (Lipinski definition) is 2. The molecule has 0 aromatic heterocycles. The first-order chi connectivity index (χ1) is 9.97. The average Bonchev–Trinajstić information content (AvgIpc) is 2.44. The van der Waals surface area contributed by atoms with Crippen LogP contribution in [0.15, 0.2) is 12.1 Å². The minimum atomic E-state index is -0.206. The highest BCUT2D eigenvalue weighted by Crippen LogP contribution is 2.17. The summed E-state index contributed by atoms with van der Waals surface area (Å²) in [5, 5.41) is 2.69. The molecule has 0 atom stereocenters. The van der Waals surface area contributed by atoms with Crippen LogP contribution < -0.4 is 5.32 Å². The van der Waals surface area contributed by atoms with Gasteiger partial charge >= 0.3 is 0 Å². The molecule has 21 heavy (non-hydrogen) atoms. The monoisotopic (exact) mass is 292 g/mol. The van der Waals surface area contributed by atoms with Gasteiger partial charge in [0.25, 0.3) is 0 Å². The third-order valence-electron chi connectivity index (χ3n) is 3.89. The van der Waals surface area contributed by atoms with Crippen LogP contribution in [0.2, 0.25) is 0 Å². The largest absolute Gasteiger partial charge is 0.353 e. The Kier molecular flexibility index (Phi) is 4.94. The Morgan fingerprint density at radius 1 is 1.33 bits per heavy atom. The van der Waals surface area contributed by atoms with E-state index in [2.05, 4.69) is 5.32 Å². The molecule has 1 aromatic rings. The molecule has 0 aliphatic carbocycles. The zero-order chi connectivity index (χ0) is 15.4. The SMILES string of the molecule is Cc1cc(F)c(CCCC(=O)N2CCNC(=O)C2)cc1C.